The normalized spacial score (nSPS) is 17.1. The van der Waals surface area contributed by atoms with Gasteiger partial charge in [0.25, 0.3) is 0 Å². The van der Waals surface area contributed by atoms with Crippen molar-refractivity contribution in [3.63, 3.8) is 0 Å². The molecule has 1 saturated heterocycles. The first kappa shape index (κ1) is 35.4. The highest BCUT2D eigenvalue weighted by molar-refractivity contribution is 7.91. The van der Waals surface area contributed by atoms with Crippen molar-refractivity contribution in [3.8, 4) is 0 Å². The number of carbonyl (C=O) groups is 2. The highest BCUT2D eigenvalue weighted by Crippen LogP contribution is 2.15. The van der Waals surface area contributed by atoms with Gasteiger partial charge in [-0.25, -0.2) is 26.8 Å². The minimum Gasteiger partial charge on any atom is -0.458 e. The smallest absolute Gasteiger partial charge is 0.408 e. The summed E-state index contributed by atoms with van der Waals surface area (Å²) in [6, 6.07) is 8.04. The van der Waals surface area contributed by atoms with Gasteiger partial charge in [-0.3, -0.25) is 5.73 Å². The van der Waals surface area contributed by atoms with Crippen LogP contribution in [0.2, 0.25) is 0 Å². The third-order valence-corrected chi connectivity index (χ3v) is 9.02. The van der Waals surface area contributed by atoms with Crippen molar-refractivity contribution in [2.45, 2.75) is 76.8 Å². The van der Waals surface area contributed by atoms with Crippen molar-refractivity contribution in [3.05, 3.63) is 70.8 Å². The molecule has 13 heteroatoms. The van der Waals surface area contributed by atoms with Gasteiger partial charge < -0.3 is 25.4 Å². The van der Waals surface area contributed by atoms with Gasteiger partial charge >= 0.3 is 12.1 Å². The second-order valence-electron chi connectivity index (χ2n) is 11.1. The molecule has 1 amide bonds. The Morgan fingerprint density at radius 1 is 1.09 bits per heavy atom. The van der Waals surface area contributed by atoms with Crippen LogP contribution in [-0.2, 0) is 43.5 Å². The number of sulfone groups is 1. The fraction of sp³-hybridized carbons (Fsp3) is 0.548. The summed E-state index contributed by atoms with van der Waals surface area (Å²) in [5.74, 6) is -3.52. The molecule has 0 bridgehead atoms. The first-order valence-electron chi connectivity index (χ1n) is 15.0. The molecule has 1 radical (unpaired) electrons. The molecule has 0 aromatic heterocycles. The summed E-state index contributed by atoms with van der Waals surface area (Å²) in [6.07, 6.45) is -0.244. The van der Waals surface area contributed by atoms with Crippen molar-refractivity contribution in [2.75, 3.05) is 31.1 Å². The number of aryl methyl sites for hydroxylation is 1. The number of rotatable bonds is 17. The molecule has 1 aliphatic heterocycles. The van der Waals surface area contributed by atoms with E-state index in [0.29, 0.717) is 38.9 Å². The van der Waals surface area contributed by atoms with Crippen LogP contribution in [0.4, 0.5) is 13.6 Å². The molecular formula is C31H43F2N4O6S. The number of benzene rings is 2. The molecule has 10 nitrogen and oxygen atoms in total. The molecule has 1 fully saturated rings. The fourth-order valence-electron chi connectivity index (χ4n) is 4.86. The highest BCUT2D eigenvalue weighted by Gasteiger charge is 2.33. The van der Waals surface area contributed by atoms with Crippen molar-refractivity contribution >= 4 is 21.9 Å². The number of unbranched alkanes of at least 4 members (excludes halogenated alkanes) is 1. The van der Waals surface area contributed by atoms with E-state index < -0.39 is 63.6 Å². The Balaban J connectivity index is 1.78. The highest BCUT2D eigenvalue weighted by atomic mass is 32.2. The predicted molar refractivity (Wildman–Crippen MR) is 163 cm³/mol. The van der Waals surface area contributed by atoms with Crippen LogP contribution in [0.1, 0.15) is 49.8 Å². The lowest BCUT2D eigenvalue weighted by Gasteiger charge is -2.27. The topological polar surface area (TPSA) is 147 Å². The molecule has 1 aliphatic rings. The van der Waals surface area contributed by atoms with Crippen LogP contribution in [0.25, 0.3) is 0 Å². The number of hydrogen-bond acceptors (Lipinski definition) is 8. The largest absolute Gasteiger partial charge is 0.458 e. The van der Waals surface area contributed by atoms with E-state index in [1.165, 1.54) is 0 Å². The molecule has 44 heavy (non-hydrogen) atoms. The van der Waals surface area contributed by atoms with E-state index in [1.54, 1.807) is 0 Å². The number of halogens is 2. The van der Waals surface area contributed by atoms with Crippen LogP contribution in [0.15, 0.2) is 42.5 Å². The predicted octanol–water partition coefficient (Wildman–Crippen LogP) is 3.09. The zero-order valence-corrected chi connectivity index (χ0v) is 26.1. The van der Waals surface area contributed by atoms with Crippen molar-refractivity contribution in [2.24, 2.45) is 0 Å². The van der Waals surface area contributed by atoms with E-state index in [2.05, 4.69) is 16.0 Å². The molecule has 4 N–H and O–H groups in total. The Morgan fingerprint density at radius 2 is 1.82 bits per heavy atom. The fourth-order valence-corrected chi connectivity index (χ4v) is 6.48. The van der Waals surface area contributed by atoms with E-state index in [9.17, 15) is 26.8 Å². The molecule has 4 atom stereocenters. The number of carbonyl (C=O) groups excluding carboxylic acids is 2. The number of esters is 1. The third kappa shape index (κ3) is 12.1. The summed E-state index contributed by atoms with van der Waals surface area (Å²) in [5, 5.41) is 8.58. The molecule has 0 spiro atoms. The lowest BCUT2D eigenvalue weighted by atomic mass is 10.0. The molecular weight excluding hydrogens is 594 g/mol. The summed E-state index contributed by atoms with van der Waals surface area (Å²) in [5.41, 5.74) is 11.1. The van der Waals surface area contributed by atoms with Crippen LogP contribution in [-0.4, -0.2) is 75.9 Å². The van der Waals surface area contributed by atoms with Gasteiger partial charge in [-0.15, -0.1) is 0 Å². The molecule has 0 unspecified atom stereocenters. The van der Waals surface area contributed by atoms with Crippen molar-refractivity contribution < 1.29 is 36.3 Å². The SMILES string of the molecule is CCCCS(=O)(=O)C[C@@H](NC(=O)O[C@@H]1CCNC1)C(=O)O[C@H](CNCc1cccc(CC)c1)[C@@H]([NH])Cc1cc(F)cc(F)c1. The Labute approximate surface area is 258 Å². The number of nitrogens with one attached hydrogen (secondary N) is 4. The molecule has 243 valence electrons. The second kappa shape index (κ2) is 17.4. The standard InChI is InChI=1S/C31H43F2N4O6S/c1-3-5-11-44(40,41)20-28(37-31(39)42-26-9-10-35-18-26)30(38)43-29(19-36-17-22-8-6-7-21(4-2)12-22)27(34)15-23-13-24(32)16-25(33)14-23/h6-8,12-14,16,26-29,34-36H,3-5,9-11,15,17-20H2,1-2H3,(H,37,39)/t26-,27+,28-,29-/m1/s1. The summed E-state index contributed by atoms with van der Waals surface area (Å²) in [7, 11) is -3.76. The molecule has 2 aromatic rings. The van der Waals surface area contributed by atoms with Crippen LogP contribution in [0.3, 0.4) is 0 Å². The molecule has 0 aliphatic carbocycles. The summed E-state index contributed by atoms with van der Waals surface area (Å²) < 4.78 is 64.3. The Hall–Kier alpha value is -3.13. The number of hydrogen-bond donors (Lipinski definition) is 3. The third-order valence-electron chi connectivity index (χ3n) is 7.26. The monoisotopic (exact) mass is 637 g/mol. The van der Waals surface area contributed by atoms with Gasteiger partial charge in [0.15, 0.2) is 9.84 Å². The van der Waals surface area contributed by atoms with Gasteiger partial charge in [0, 0.05) is 25.7 Å². The first-order valence-corrected chi connectivity index (χ1v) is 16.8. The van der Waals surface area contributed by atoms with E-state index in [4.69, 9.17) is 15.2 Å². The Morgan fingerprint density at radius 3 is 2.48 bits per heavy atom. The second-order valence-corrected chi connectivity index (χ2v) is 13.3. The Kier molecular flexibility index (Phi) is 14.0. The van der Waals surface area contributed by atoms with E-state index in [1.807, 2.05) is 38.1 Å². The maximum atomic E-state index is 13.8. The summed E-state index contributed by atoms with van der Waals surface area (Å²) >= 11 is 0. The van der Waals surface area contributed by atoms with Crippen LogP contribution in [0, 0.1) is 11.6 Å². The minimum absolute atomic E-state index is 0.0123. The zero-order chi connectivity index (χ0) is 32.1. The number of alkyl carbamates (subject to hydrolysis) is 1. The van der Waals surface area contributed by atoms with Crippen LogP contribution in [0.5, 0.6) is 0 Å². The number of ether oxygens (including phenoxy) is 2. The molecule has 1 heterocycles. The lowest BCUT2D eigenvalue weighted by molar-refractivity contribution is -0.152. The van der Waals surface area contributed by atoms with Gasteiger partial charge in [-0.05, 0) is 61.1 Å². The molecule has 0 saturated carbocycles. The van der Waals surface area contributed by atoms with E-state index in [-0.39, 0.29) is 24.3 Å². The summed E-state index contributed by atoms with van der Waals surface area (Å²) in [4.78, 5) is 26.1. The average molecular weight is 638 g/mol. The molecule has 3 rings (SSSR count). The van der Waals surface area contributed by atoms with E-state index in [0.717, 1.165) is 35.7 Å². The van der Waals surface area contributed by atoms with Gasteiger partial charge in [-0.2, -0.15) is 0 Å². The van der Waals surface area contributed by atoms with Crippen molar-refractivity contribution in [1.82, 2.24) is 21.7 Å². The lowest BCUT2D eigenvalue weighted by Crippen LogP contribution is -2.51. The minimum atomic E-state index is -3.76. The van der Waals surface area contributed by atoms with Gasteiger partial charge in [0.2, 0.25) is 0 Å². The zero-order valence-electron chi connectivity index (χ0n) is 25.2. The van der Waals surface area contributed by atoms with Gasteiger partial charge in [0.05, 0.1) is 17.5 Å². The molecule has 2 aromatic carbocycles. The van der Waals surface area contributed by atoms with Gasteiger partial charge in [0.1, 0.15) is 29.9 Å². The van der Waals surface area contributed by atoms with Crippen LogP contribution >= 0.6 is 0 Å². The number of amides is 1. The van der Waals surface area contributed by atoms with Gasteiger partial charge in [-0.1, -0.05) is 44.5 Å². The average Bonchev–Trinajstić information content (AvgIpc) is 3.47. The summed E-state index contributed by atoms with van der Waals surface area (Å²) in [6.45, 7) is 5.34. The van der Waals surface area contributed by atoms with Crippen LogP contribution < -0.4 is 21.7 Å². The first-order chi connectivity index (χ1) is 21.0. The quantitative estimate of drug-likeness (QED) is 0.224. The van der Waals surface area contributed by atoms with Crippen molar-refractivity contribution in [1.29, 1.82) is 0 Å². The Bertz CT molecular complexity index is 1320. The van der Waals surface area contributed by atoms with E-state index >= 15 is 0 Å². The maximum Gasteiger partial charge on any atom is 0.408 e. The maximum absolute atomic E-state index is 13.8.